The van der Waals surface area contributed by atoms with Crippen molar-refractivity contribution in [3.05, 3.63) is 78.0 Å². The molecule has 0 saturated carbocycles. The first-order chi connectivity index (χ1) is 12.8. The summed E-state index contributed by atoms with van der Waals surface area (Å²) < 4.78 is 13.2. The number of hydrogen-bond donors (Lipinski definition) is 2. The molecule has 2 aromatic carbocycles. The molecule has 1 aromatic heterocycles. The second-order valence-electron chi connectivity index (χ2n) is 7.21. The molecule has 27 heavy (non-hydrogen) atoms. The predicted octanol–water partition coefficient (Wildman–Crippen LogP) is 4.91. The molecule has 0 aliphatic carbocycles. The maximum absolute atomic E-state index is 13.2. The average molecular weight is 364 g/mol. The number of carbonyl (C=O) groups is 1. The quantitative estimate of drug-likeness (QED) is 0.690. The van der Waals surface area contributed by atoms with Crippen LogP contribution in [-0.2, 0) is 5.41 Å². The van der Waals surface area contributed by atoms with Crippen molar-refractivity contribution in [2.75, 3.05) is 10.6 Å². The topological polar surface area (TPSA) is 66.9 Å². The summed E-state index contributed by atoms with van der Waals surface area (Å²) >= 11 is 0. The Bertz CT molecular complexity index is 949. The maximum Gasteiger partial charge on any atom is 0.274 e. The monoisotopic (exact) mass is 364 g/mol. The maximum atomic E-state index is 13.2. The average Bonchev–Trinajstić information content (AvgIpc) is 2.62. The fourth-order valence-electron chi connectivity index (χ4n) is 2.51. The van der Waals surface area contributed by atoms with Crippen molar-refractivity contribution in [2.24, 2.45) is 0 Å². The molecule has 0 unspecified atom stereocenters. The van der Waals surface area contributed by atoms with E-state index < -0.39 is 11.7 Å². The Balaban J connectivity index is 1.72. The van der Waals surface area contributed by atoms with Gasteiger partial charge in [0.1, 0.15) is 23.7 Å². The molecule has 5 nitrogen and oxygen atoms in total. The molecule has 138 valence electrons. The lowest BCUT2D eigenvalue weighted by atomic mass is 9.87. The van der Waals surface area contributed by atoms with Gasteiger partial charge in [0.2, 0.25) is 0 Å². The lowest BCUT2D eigenvalue weighted by Gasteiger charge is -2.19. The molecule has 0 fully saturated rings. The first kappa shape index (κ1) is 18.5. The molecule has 3 rings (SSSR count). The zero-order valence-electron chi connectivity index (χ0n) is 15.5. The highest BCUT2D eigenvalue weighted by atomic mass is 19.1. The Hall–Kier alpha value is -3.28. The van der Waals surface area contributed by atoms with Gasteiger partial charge in [0.15, 0.2) is 0 Å². The van der Waals surface area contributed by atoms with Crippen molar-refractivity contribution in [2.45, 2.75) is 26.2 Å². The largest absolute Gasteiger partial charge is 0.340 e. The second-order valence-corrected chi connectivity index (χ2v) is 7.21. The smallest absolute Gasteiger partial charge is 0.274 e. The molecule has 0 atom stereocenters. The Morgan fingerprint density at radius 1 is 0.963 bits per heavy atom. The van der Waals surface area contributed by atoms with Crippen molar-refractivity contribution in [1.82, 2.24) is 9.97 Å². The van der Waals surface area contributed by atoms with Crippen molar-refractivity contribution >= 4 is 23.1 Å². The SMILES string of the molecule is CC(C)(C)c1ccc(Nc2cc(C(=O)Nc3cccc(F)c3)ncn2)cc1. The van der Waals surface area contributed by atoms with E-state index >= 15 is 0 Å². The standard InChI is InChI=1S/C21H21FN4O/c1-21(2,3)14-7-9-16(10-8-14)25-19-12-18(23-13-24-19)20(27)26-17-6-4-5-15(22)11-17/h4-13H,1-3H3,(H,26,27)(H,23,24,25). The summed E-state index contributed by atoms with van der Waals surface area (Å²) in [5.41, 5.74) is 2.72. The summed E-state index contributed by atoms with van der Waals surface area (Å²) in [5, 5.41) is 5.78. The predicted molar refractivity (Wildman–Crippen MR) is 105 cm³/mol. The molecule has 2 N–H and O–H groups in total. The Labute approximate surface area is 157 Å². The van der Waals surface area contributed by atoms with Crippen LogP contribution < -0.4 is 10.6 Å². The Kier molecular flexibility index (Phi) is 5.16. The van der Waals surface area contributed by atoms with E-state index in [1.807, 2.05) is 12.1 Å². The molecular formula is C21H21FN4O. The van der Waals surface area contributed by atoms with Gasteiger partial charge in [-0.2, -0.15) is 0 Å². The van der Waals surface area contributed by atoms with E-state index in [0.29, 0.717) is 11.5 Å². The summed E-state index contributed by atoms with van der Waals surface area (Å²) in [4.78, 5) is 20.5. The van der Waals surface area contributed by atoms with Crippen LogP contribution in [0.3, 0.4) is 0 Å². The highest BCUT2D eigenvalue weighted by Gasteiger charge is 2.13. The fourth-order valence-corrected chi connectivity index (χ4v) is 2.51. The van der Waals surface area contributed by atoms with E-state index in [1.165, 1.54) is 30.1 Å². The third-order valence-electron chi connectivity index (χ3n) is 4.01. The van der Waals surface area contributed by atoms with Crippen LogP contribution in [-0.4, -0.2) is 15.9 Å². The number of aromatic nitrogens is 2. The number of amides is 1. The van der Waals surface area contributed by atoms with Crippen LogP contribution in [0.4, 0.5) is 21.6 Å². The van der Waals surface area contributed by atoms with Crippen molar-refractivity contribution < 1.29 is 9.18 Å². The molecule has 0 radical (unpaired) electrons. The summed E-state index contributed by atoms with van der Waals surface area (Å²) in [6.45, 7) is 6.47. The number of nitrogens with zero attached hydrogens (tertiary/aromatic N) is 2. The van der Waals surface area contributed by atoms with E-state index in [4.69, 9.17) is 0 Å². The van der Waals surface area contributed by atoms with Crippen LogP contribution in [0.25, 0.3) is 0 Å². The zero-order valence-corrected chi connectivity index (χ0v) is 15.5. The number of benzene rings is 2. The van der Waals surface area contributed by atoms with Crippen LogP contribution in [0.1, 0.15) is 36.8 Å². The van der Waals surface area contributed by atoms with E-state index in [-0.39, 0.29) is 11.1 Å². The molecule has 0 bridgehead atoms. The minimum Gasteiger partial charge on any atom is -0.340 e. The zero-order chi connectivity index (χ0) is 19.4. The van der Waals surface area contributed by atoms with Gasteiger partial charge in [-0.1, -0.05) is 39.0 Å². The summed E-state index contributed by atoms with van der Waals surface area (Å²) in [6, 6.07) is 15.3. The van der Waals surface area contributed by atoms with Gasteiger partial charge in [-0.05, 0) is 41.3 Å². The van der Waals surface area contributed by atoms with Gasteiger partial charge in [0.05, 0.1) is 0 Å². The van der Waals surface area contributed by atoms with Crippen LogP contribution in [0.15, 0.2) is 60.9 Å². The van der Waals surface area contributed by atoms with Crippen molar-refractivity contribution in [1.29, 1.82) is 0 Å². The van der Waals surface area contributed by atoms with Crippen LogP contribution in [0.5, 0.6) is 0 Å². The Morgan fingerprint density at radius 2 is 1.70 bits per heavy atom. The number of rotatable bonds is 4. The number of carbonyl (C=O) groups excluding carboxylic acids is 1. The lowest BCUT2D eigenvalue weighted by Crippen LogP contribution is -2.14. The first-order valence-corrected chi connectivity index (χ1v) is 8.58. The number of nitrogens with one attached hydrogen (secondary N) is 2. The number of halogens is 1. The highest BCUT2D eigenvalue weighted by Crippen LogP contribution is 2.24. The van der Waals surface area contributed by atoms with Crippen molar-refractivity contribution in [3.63, 3.8) is 0 Å². The highest BCUT2D eigenvalue weighted by molar-refractivity contribution is 6.03. The number of hydrogen-bond acceptors (Lipinski definition) is 4. The third kappa shape index (κ3) is 4.88. The van der Waals surface area contributed by atoms with Gasteiger partial charge in [0, 0.05) is 17.4 Å². The molecule has 1 amide bonds. The van der Waals surface area contributed by atoms with Gasteiger partial charge in [-0.3, -0.25) is 4.79 Å². The minimum absolute atomic E-state index is 0.0790. The van der Waals surface area contributed by atoms with Gasteiger partial charge in [-0.25, -0.2) is 14.4 Å². The molecule has 0 aliphatic rings. The fraction of sp³-hybridized carbons (Fsp3) is 0.190. The van der Waals surface area contributed by atoms with Gasteiger partial charge >= 0.3 is 0 Å². The number of anilines is 3. The van der Waals surface area contributed by atoms with Crippen molar-refractivity contribution in [3.8, 4) is 0 Å². The van der Waals surface area contributed by atoms with E-state index in [2.05, 4.69) is 53.5 Å². The van der Waals surface area contributed by atoms with Crippen LogP contribution >= 0.6 is 0 Å². The van der Waals surface area contributed by atoms with Crippen LogP contribution in [0.2, 0.25) is 0 Å². The molecule has 0 saturated heterocycles. The molecule has 6 heteroatoms. The molecule has 0 aliphatic heterocycles. The second kappa shape index (κ2) is 7.53. The molecule has 3 aromatic rings. The minimum atomic E-state index is -0.436. The molecule has 0 spiro atoms. The van der Waals surface area contributed by atoms with Gasteiger partial charge < -0.3 is 10.6 Å². The molecule has 1 heterocycles. The van der Waals surface area contributed by atoms with E-state index in [1.54, 1.807) is 12.1 Å². The normalized spacial score (nSPS) is 11.1. The Morgan fingerprint density at radius 3 is 2.37 bits per heavy atom. The summed E-state index contributed by atoms with van der Waals surface area (Å²) in [7, 11) is 0. The van der Waals surface area contributed by atoms with Crippen LogP contribution in [0, 0.1) is 5.82 Å². The van der Waals surface area contributed by atoms with E-state index in [9.17, 15) is 9.18 Å². The molecular weight excluding hydrogens is 343 g/mol. The third-order valence-corrected chi connectivity index (χ3v) is 4.01. The summed E-state index contributed by atoms with van der Waals surface area (Å²) in [5.74, 6) is -0.358. The van der Waals surface area contributed by atoms with Gasteiger partial charge in [0.25, 0.3) is 5.91 Å². The lowest BCUT2D eigenvalue weighted by molar-refractivity contribution is 0.102. The first-order valence-electron chi connectivity index (χ1n) is 8.58. The van der Waals surface area contributed by atoms with E-state index in [0.717, 1.165) is 5.69 Å². The summed E-state index contributed by atoms with van der Waals surface area (Å²) in [6.07, 6.45) is 1.31. The van der Waals surface area contributed by atoms with Gasteiger partial charge in [-0.15, -0.1) is 0 Å².